The number of likely N-dealkylation sites (N-methyl/N-ethyl adjacent to an activating group) is 1. The highest BCUT2D eigenvalue weighted by molar-refractivity contribution is 7.92. The van der Waals surface area contributed by atoms with E-state index in [2.05, 4.69) is 5.32 Å². The molecule has 0 aliphatic heterocycles. The summed E-state index contributed by atoms with van der Waals surface area (Å²) in [5, 5.41) is 2.46. The molecular weight excluding hydrogens is 238 g/mol. The average molecular weight is 253 g/mol. The van der Waals surface area contributed by atoms with E-state index < -0.39 is 9.84 Å². The first-order valence-corrected chi connectivity index (χ1v) is 7.12. The zero-order valence-corrected chi connectivity index (χ0v) is 10.5. The summed E-state index contributed by atoms with van der Waals surface area (Å²) in [6.45, 7) is 0.150. The van der Waals surface area contributed by atoms with Crippen molar-refractivity contribution in [1.29, 1.82) is 0 Å². The van der Waals surface area contributed by atoms with Gasteiger partial charge in [0.15, 0.2) is 15.6 Å². The lowest BCUT2D eigenvalue weighted by atomic mass is 10.1. The van der Waals surface area contributed by atoms with E-state index in [9.17, 15) is 13.2 Å². The first-order valence-electron chi connectivity index (χ1n) is 5.58. The maximum Gasteiger partial charge on any atom is 0.181 e. The number of rotatable bonds is 5. The lowest BCUT2D eigenvalue weighted by molar-refractivity contribution is 0.0990. The summed E-state index contributed by atoms with van der Waals surface area (Å²) in [5.41, 5.74) is 0.300. The van der Waals surface area contributed by atoms with E-state index in [0.29, 0.717) is 18.4 Å². The van der Waals surface area contributed by atoms with Crippen LogP contribution in [-0.4, -0.2) is 33.0 Å². The lowest BCUT2D eigenvalue weighted by Crippen LogP contribution is -2.21. The van der Waals surface area contributed by atoms with Crippen molar-refractivity contribution in [3.63, 3.8) is 0 Å². The highest BCUT2D eigenvalue weighted by atomic mass is 32.2. The molecule has 0 unspecified atom stereocenters. The maximum absolute atomic E-state index is 12.2. The van der Waals surface area contributed by atoms with Gasteiger partial charge in [-0.25, -0.2) is 8.42 Å². The maximum atomic E-state index is 12.2. The molecule has 0 radical (unpaired) electrons. The normalized spacial score (nSPS) is 15.8. The number of Topliss-reactive ketones (excluding diaryl/α,β-unsaturated/α-hetero) is 1. The quantitative estimate of drug-likeness (QED) is 0.796. The van der Waals surface area contributed by atoms with Crippen LogP contribution in [0, 0.1) is 0 Å². The van der Waals surface area contributed by atoms with Gasteiger partial charge >= 0.3 is 0 Å². The van der Waals surface area contributed by atoms with Gasteiger partial charge in [-0.1, -0.05) is 18.2 Å². The van der Waals surface area contributed by atoms with Crippen molar-refractivity contribution in [2.45, 2.75) is 23.0 Å². The molecular formula is C12H15NO3S. The third kappa shape index (κ3) is 2.40. The van der Waals surface area contributed by atoms with Crippen LogP contribution in [0.2, 0.25) is 0 Å². The third-order valence-corrected chi connectivity index (χ3v) is 5.11. The average Bonchev–Trinajstić information content (AvgIpc) is 3.13. The van der Waals surface area contributed by atoms with Gasteiger partial charge in [-0.2, -0.15) is 0 Å². The fourth-order valence-corrected chi connectivity index (χ4v) is 3.63. The number of ketones is 1. The molecule has 2 rings (SSSR count). The van der Waals surface area contributed by atoms with Gasteiger partial charge in [0, 0.05) is 5.56 Å². The van der Waals surface area contributed by atoms with Crippen molar-refractivity contribution in [1.82, 2.24) is 5.32 Å². The molecule has 1 N–H and O–H groups in total. The Morgan fingerprint density at radius 2 is 2.00 bits per heavy atom. The van der Waals surface area contributed by atoms with E-state index >= 15 is 0 Å². The minimum atomic E-state index is -3.31. The summed E-state index contributed by atoms with van der Waals surface area (Å²) in [5.74, 6) is -0.188. The zero-order chi connectivity index (χ0) is 12.5. The van der Waals surface area contributed by atoms with Crippen molar-refractivity contribution < 1.29 is 13.2 Å². The molecule has 0 aromatic heterocycles. The van der Waals surface area contributed by atoms with Crippen molar-refractivity contribution >= 4 is 15.6 Å². The van der Waals surface area contributed by atoms with Gasteiger partial charge in [0.1, 0.15) is 0 Å². The first-order chi connectivity index (χ1) is 8.07. The Kier molecular flexibility index (Phi) is 3.31. The molecule has 1 aliphatic rings. The van der Waals surface area contributed by atoms with Crippen molar-refractivity contribution in [3.8, 4) is 0 Å². The monoisotopic (exact) mass is 253 g/mol. The van der Waals surface area contributed by atoms with E-state index in [0.717, 1.165) is 0 Å². The molecule has 1 saturated carbocycles. The molecule has 0 spiro atoms. The number of nitrogens with one attached hydrogen (secondary N) is 1. The van der Waals surface area contributed by atoms with Crippen molar-refractivity contribution in [2.75, 3.05) is 13.6 Å². The zero-order valence-electron chi connectivity index (χ0n) is 9.64. The van der Waals surface area contributed by atoms with Gasteiger partial charge in [-0.05, 0) is 26.0 Å². The second-order valence-electron chi connectivity index (χ2n) is 4.19. The van der Waals surface area contributed by atoms with Crippen LogP contribution in [-0.2, 0) is 9.84 Å². The van der Waals surface area contributed by atoms with Crippen LogP contribution in [0.5, 0.6) is 0 Å². The SMILES string of the molecule is CNCC(=O)c1ccccc1S(=O)(=O)C1CC1. The van der Waals surface area contributed by atoms with Crippen LogP contribution in [0.1, 0.15) is 23.2 Å². The number of sulfone groups is 1. The van der Waals surface area contributed by atoms with Crippen LogP contribution in [0.4, 0.5) is 0 Å². The van der Waals surface area contributed by atoms with Gasteiger partial charge in [-0.15, -0.1) is 0 Å². The second-order valence-corrected chi connectivity index (χ2v) is 6.39. The van der Waals surface area contributed by atoms with Crippen LogP contribution in [0.15, 0.2) is 29.2 Å². The van der Waals surface area contributed by atoms with Gasteiger partial charge in [0.05, 0.1) is 16.7 Å². The second kappa shape index (κ2) is 4.58. The fraction of sp³-hybridized carbons (Fsp3) is 0.417. The van der Waals surface area contributed by atoms with E-state index in [-0.39, 0.29) is 22.5 Å². The molecule has 1 aromatic carbocycles. The fourth-order valence-electron chi connectivity index (χ4n) is 1.76. The van der Waals surface area contributed by atoms with Gasteiger partial charge in [0.25, 0.3) is 0 Å². The Balaban J connectivity index is 2.44. The molecule has 0 saturated heterocycles. The number of carbonyl (C=O) groups excluding carboxylic acids is 1. The molecule has 17 heavy (non-hydrogen) atoms. The number of hydrogen-bond donors (Lipinski definition) is 1. The van der Waals surface area contributed by atoms with Crippen LogP contribution >= 0.6 is 0 Å². The molecule has 0 amide bonds. The molecule has 0 atom stereocenters. The predicted octanol–water partition coefficient (Wildman–Crippen LogP) is 1.02. The highest BCUT2D eigenvalue weighted by Gasteiger charge is 2.38. The predicted molar refractivity (Wildman–Crippen MR) is 64.9 cm³/mol. The minimum Gasteiger partial charge on any atom is -0.313 e. The highest BCUT2D eigenvalue weighted by Crippen LogP contribution is 2.34. The Bertz CT molecular complexity index is 532. The van der Waals surface area contributed by atoms with Crippen LogP contribution < -0.4 is 5.32 Å². The van der Waals surface area contributed by atoms with E-state index in [1.165, 1.54) is 6.07 Å². The molecule has 92 valence electrons. The van der Waals surface area contributed by atoms with Crippen LogP contribution in [0.3, 0.4) is 0 Å². The Hall–Kier alpha value is -1.20. The summed E-state index contributed by atoms with van der Waals surface area (Å²) < 4.78 is 24.3. The summed E-state index contributed by atoms with van der Waals surface area (Å²) in [6.07, 6.45) is 1.41. The third-order valence-electron chi connectivity index (χ3n) is 2.79. The summed E-state index contributed by atoms with van der Waals surface area (Å²) in [6, 6.07) is 6.45. The van der Waals surface area contributed by atoms with E-state index in [4.69, 9.17) is 0 Å². The van der Waals surface area contributed by atoms with Gasteiger partial charge in [-0.3, -0.25) is 4.79 Å². The summed E-state index contributed by atoms with van der Waals surface area (Å²) in [7, 11) is -1.65. The Morgan fingerprint density at radius 1 is 1.35 bits per heavy atom. The van der Waals surface area contributed by atoms with Gasteiger partial charge < -0.3 is 5.32 Å². The molecule has 5 heteroatoms. The molecule has 0 bridgehead atoms. The van der Waals surface area contributed by atoms with E-state index in [1.54, 1.807) is 25.2 Å². The van der Waals surface area contributed by atoms with Crippen LogP contribution in [0.25, 0.3) is 0 Å². The molecule has 1 aromatic rings. The summed E-state index contributed by atoms with van der Waals surface area (Å²) >= 11 is 0. The molecule has 4 nitrogen and oxygen atoms in total. The summed E-state index contributed by atoms with van der Waals surface area (Å²) in [4.78, 5) is 12.0. The molecule has 0 heterocycles. The first kappa shape index (κ1) is 12.3. The van der Waals surface area contributed by atoms with Crippen molar-refractivity contribution in [3.05, 3.63) is 29.8 Å². The van der Waals surface area contributed by atoms with Crippen molar-refractivity contribution in [2.24, 2.45) is 0 Å². The lowest BCUT2D eigenvalue weighted by Gasteiger charge is -2.08. The Labute approximate surface area is 101 Å². The number of benzene rings is 1. The molecule has 1 fully saturated rings. The minimum absolute atomic E-state index is 0.150. The smallest absolute Gasteiger partial charge is 0.181 e. The number of carbonyl (C=O) groups is 1. The topological polar surface area (TPSA) is 63.2 Å². The number of hydrogen-bond acceptors (Lipinski definition) is 4. The van der Waals surface area contributed by atoms with Gasteiger partial charge in [0.2, 0.25) is 0 Å². The molecule has 1 aliphatic carbocycles. The Morgan fingerprint density at radius 3 is 2.59 bits per heavy atom. The standard InChI is InChI=1S/C12H15NO3S/c1-13-8-11(14)10-4-2-3-5-12(10)17(15,16)9-6-7-9/h2-5,9,13H,6-8H2,1H3. The van der Waals surface area contributed by atoms with E-state index in [1.807, 2.05) is 0 Å². The largest absolute Gasteiger partial charge is 0.313 e.